The van der Waals surface area contributed by atoms with Gasteiger partial charge in [0, 0.05) is 18.2 Å². The number of H-pyrrole nitrogens is 1. The molecule has 0 amide bonds. The molecule has 2 heterocycles. The van der Waals surface area contributed by atoms with Crippen molar-refractivity contribution in [1.82, 2.24) is 9.55 Å². The number of aromatic nitrogens is 2. The predicted molar refractivity (Wildman–Crippen MR) is 119 cm³/mol. The number of aromatic amines is 1. The van der Waals surface area contributed by atoms with E-state index in [0.717, 1.165) is 21.4 Å². The largest absolute Gasteiger partial charge is 0.489 e. The molecular weight excluding hydrogens is 432 g/mol. The van der Waals surface area contributed by atoms with Crippen molar-refractivity contribution in [2.75, 3.05) is 6.61 Å². The van der Waals surface area contributed by atoms with E-state index in [0.29, 0.717) is 18.6 Å². The number of aliphatic hydroxyl groups is 3. The maximum atomic E-state index is 12.4. The van der Waals surface area contributed by atoms with E-state index < -0.39 is 36.8 Å². The topological polar surface area (TPSA) is 117 Å². The molecule has 4 rings (SSSR count). The zero-order valence-electron chi connectivity index (χ0n) is 17.1. The number of benzene rings is 2. The second-order valence-electron chi connectivity index (χ2n) is 7.64. The van der Waals surface area contributed by atoms with Crippen LogP contribution in [0.3, 0.4) is 0 Å². The van der Waals surface area contributed by atoms with Crippen molar-refractivity contribution in [1.29, 1.82) is 0 Å². The highest BCUT2D eigenvalue weighted by Crippen LogP contribution is 2.28. The van der Waals surface area contributed by atoms with Crippen molar-refractivity contribution in [2.45, 2.75) is 37.6 Å². The smallest absolute Gasteiger partial charge is 0.328 e. The average Bonchev–Trinajstić information content (AvgIpc) is 3.09. The minimum absolute atomic E-state index is 0.280. The normalized spacial score (nSPS) is 22.7. The van der Waals surface area contributed by atoms with E-state index in [-0.39, 0.29) is 4.64 Å². The summed E-state index contributed by atoms with van der Waals surface area (Å²) >= 11 is 5.31. The molecule has 1 aliphatic heterocycles. The Morgan fingerprint density at radius 1 is 1.03 bits per heavy atom. The van der Waals surface area contributed by atoms with Gasteiger partial charge in [-0.1, -0.05) is 54.7 Å². The van der Waals surface area contributed by atoms with Gasteiger partial charge in [-0.05, 0) is 23.3 Å². The molecule has 1 saturated heterocycles. The number of rotatable bonds is 7. The van der Waals surface area contributed by atoms with E-state index in [1.807, 2.05) is 54.6 Å². The molecule has 0 spiro atoms. The molecule has 0 radical (unpaired) electrons. The van der Waals surface area contributed by atoms with Crippen LogP contribution in [0.15, 0.2) is 65.6 Å². The molecular formula is C23H24N2O6S. The number of hydrogen-bond acceptors (Lipinski definition) is 7. The summed E-state index contributed by atoms with van der Waals surface area (Å²) in [7, 11) is 0. The third-order valence-electron chi connectivity index (χ3n) is 5.40. The van der Waals surface area contributed by atoms with Crippen LogP contribution in [0.5, 0.6) is 5.75 Å². The van der Waals surface area contributed by atoms with Crippen LogP contribution in [-0.2, 0) is 17.8 Å². The van der Waals surface area contributed by atoms with Gasteiger partial charge in [0.05, 0.1) is 6.61 Å². The highest BCUT2D eigenvalue weighted by molar-refractivity contribution is 7.71. The minimum atomic E-state index is -1.36. The Labute approximate surface area is 189 Å². The lowest BCUT2D eigenvalue weighted by Crippen LogP contribution is -2.36. The Hall–Kier alpha value is -2.82. The van der Waals surface area contributed by atoms with E-state index in [1.165, 1.54) is 6.20 Å². The van der Waals surface area contributed by atoms with Gasteiger partial charge in [-0.2, -0.15) is 0 Å². The fraction of sp³-hybridized carbons (Fsp3) is 0.304. The van der Waals surface area contributed by atoms with Crippen LogP contribution in [0, 0.1) is 4.64 Å². The van der Waals surface area contributed by atoms with Crippen LogP contribution in [0.2, 0.25) is 0 Å². The molecule has 32 heavy (non-hydrogen) atoms. The Bertz CT molecular complexity index is 1160. The number of hydrogen-bond donors (Lipinski definition) is 4. The molecule has 0 aliphatic carbocycles. The number of nitrogens with zero attached hydrogens (tertiary/aromatic N) is 1. The van der Waals surface area contributed by atoms with Crippen LogP contribution in [0.1, 0.15) is 22.9 Å². The first-order valence-electron chi connectivity index (χ1n) is 10.2. The maximum absolute atomic E-state index is 12.4. The van der Waals surface area contributed by atoms with E-state index in [4.69, 9.17) is 21.7 Å². The predicted octanol–water partition coefficient (Wildman–Crippen LogP) is 1.69. The van der Waals surface area contributed by atoms with Gasteiger partial charge in [0.15, 0.2) is 6.23 Å². The number of aliphatic hydroxyl groups excluding tert-OH is 3. The minimum Gasteiger partial charge on any atom is -0.489 e. The molecule has 8 nitrogen and oxygen atoms in total. The van der Waals surface area contributed by atoms with Crippen molar-refractivity contribution in [3.63, 3.8) is 0 Å². The molecule has 1 fully saturated rings. The third kappa shape index (κ3) is 4.82. The van der Waals surface area contributed by atoms with Gasteiger partial charge >= 0.3 is 5.69 Å². The van der Waals surface area contributed by atoms with Crippen molar-refractivity contribution >= 4 is 12.2 Å². The summed E-state index contributed by atoms with van der Waals surface area (Å²) in [6, 6.07) is 17.4. The fourth-order valence-corrected chi connectivity index (χ4v) is 3.83. The first-order chi connectivity index (χ1) is 15.5. The van der Waals surface area contributed by atoms with Gasteiger partial charge in [-0.3, -0.25) is 9.55 Å². The number of nitrogens with one attached hydrogen (secondary N) is 1. The summed E-state index contributed by atoms with van der Waals surface area (Å²) in [5.41, 5.74) is 2.10. The Morgan fingerprint density at radius 3 is 2.41 bits per heavy atom. The quantitative estimate of drug-likeness (QED) is 0.400. The molecule has 0 unspecified atom stereocenters. The highest BCUT2D eigenvalue weighted by atomic mass is 32.1. The van der Waals surface area contributed by atoms with Gasteiger partial charge in [0.2, 0.25) is 0 Å². The van der Waals surface area contributed by atoms with Gasteiger partial charge in [0.25, 0.3) is 0 Å². The third-order valence-corrected chi connectivity index (χ3v) is 5.76. The number of ether oxygens (including phenoxy) is 2. The van der Waals surface area contributed by atoms with Crippen LogP contribution in [0.4, 0.5) is 0 Å². The van der Waals surface area contributed by atoms with Crippen molar-refractivity contribution in [3.05, 3.63) is 92.6 Å². The molecule has 3 aromatic rings. The van der Waals surface area contributed by atoms with Gasteiger partial charge in [0.1, 0.15) is 35.3 Å². The lowest BCUT2D eigenvalue weighted by atomic mass is 10.1. The average molecular weight is 457 g/mol. The zero-order chi connectivity index (χ0) is 22.7. The molecule has 4 N–H and O–H groups in total. The zero-order valence-corrected chi connectivity index (χ0v) is 17.9. The summed E-state index contributed by atoms with van der Waals surface area (Å²) in [6.45, 7) is -0.00131. The van der Waals surface area contributed by atoms with Crippen LogP contribution in [0.25, 0.3) is 0 Å². The summed E-state index contributed by atoms with van der Waals surface area (Å²) in [5, 5.41) is 29.5. The van der Waals surface area contributed by atoms with E-state index in [2.05, 4.69) is 4.98 Å². The highest BCUT2D eigenvalue weighted by Gasteiger charge is 2.43. The van der Waals surface area contributed by atoms with E-state index in [9.17, 15) is 20.1 Å². The van der Waals surface area contributed by atoms with Crippen molar-refractivity contribution in [3.8, 4) is 5.75 Å². The fourth-order valence-electron chi connectivity index (χ4n) is 3.62. The first kappa shape index (κ1) is 22.4. The molecule has 9 heteroatoms. The standard InChI is InChI=1S/C23H24N2O6S/c26-12-18-19(27)20(28)22(31-18)25-11-16(21(32)24-23(25)29)10-14-6-8-17(9-7-14)30-13-15-4-2-1-3-5-15/h1-9,11,18-20,22,26-28H,10,12-13H2,(H,24,29,32)/t18-,19-,20-,22-/m1/s1. The molecule has 168 valence electrons. The van der Waals surface area contributed by atoms with Crippen LogP contribution < -0.4 is 10.4 Å². The maximum Gasteiger partial charge on any atom is 0.328 e. The molecule has 0 saturated carbocycles. The summed E-state index contributed by atoms with van der Waals surface area (Å²) in [5.74, 6) is 0.735. The van der Waals surface area contributed by atoms with E-state index in [1.54, 1.807) is 0 Å². The molecule has 1 aromatic heterocycles. The van der Waals surface area contributed by atoms with Crippen molar-refractivity contribution in [2.24, 2.45) is 0 Å². The summed E-state index contributed by atoms with van der Waals surface area (Å²) in [6.07, 6.45) is -2.81. The Morgan fingerprint density at radius 2 is 1.75 bits per heavy atom. The van der Waals surface area contributed by atoms with E-state index >= 15 is 0 Å². The Kier molecular flexibility index (Phi) is 6.83. The summed E-state index contributed by atoms with van der Waals surface area (Å²) < 4.78 is 12.7. The lowest BCUT2D eigenvalue weighted by Gasteiger charge is -2.18. The molecule has 1 aliphatic rings. The van der Waals surface area contributed by atoms with Gasteiger partial charge in [-0.25, -0.2) is 4.79 Å². The van der Waals surface area contributed by atoms with Crippen molar-refractivity contribution < 1.29 is 24.8 Å². The Balaban J connectivity index is 1.49. The monoisotopic (exact) mass is 456 g/mol. The van der Waals surface area contributed by atoms with Gasteiger partial charge in [-0.15, -0.1) is 0 Å². The molecule has 0 bridgehead atoms. The molecule has 4 atom stereocenters. The summed E-state index contributed by atoms with van der Waals surface area (Å²) in [4.78, 5) is 15.0. The van der Waals surface area contributed by atoms with Crippen LogP contribution in [-0.4, -0.2) is 49.8 Å². The molecule has 2 aromatic carbocycles. The van der Waals surface area contributed by atoms with Gasteiger partial charge < -0.3 is 24.8 Å². The second kappa shape index (κ2) is 9.76. The first-order valence-corrected chi connectivity index (χ1v) is 10.6. The van der Waals surface area contributed by atoms with Crippen LogP contribution >= 0.6 is 12.2 Å². The lowest BCUT2D eigenvalue weighted by molar-refractivity contribution is -0.0551. The second-order valence-corrected chi connectivity index (χ2v) is 8.05. The SMILES string of the molecule is O=c1[nH]c(=S)c(Cc2ccc(OCc3ccccc3)cc2)cn1[C@@H]1O[C@H](CO)[C@@H](O)[C@H]1O.